The Hall–Kier alpha value is -6.58. The normalized spacial score (nSPS) is 11.7. The van der Waals surface area contributed by atoms with Crippen LogP contribution in [0.25, 0.3) is 22.3 Å². The zero-order chi connectivity index (χ0) is 40.7. The van der Waals surface area contributed by atoms with Gasteiger partial charge in [0, 0.05) is 51.8 Å². The lowest BCUT2D eigenvalue weighted by Gasteiger charge is -2.33. The summed E-state index contributed by atoms with van der Waals surface area (Å²) in [6.07, 6.45) is 0.482. The summed E-state index contributed by atoms with van der Waals surface area (Å²) in [6.45, 7) is 6.99. The topological polar surface area (TPSA) is 145 Å². The molecule has 57 heavy (non-hydrogen) atoms. The third-order valence-electron chi connectivity index (χ3n) is 9.05. The Balaban J connectivity index is 1.51. The van der Waals surface area contributed by atoms with Crippen molar-refractivity contribution in [3.05, 3.63) is 132 Å². The zero-order valence-corrected chi connectivity index (χ0v) is 32.9. The fourth-order valence-electron chi connectivity index (χ4n) is 6.87. The van der Waals surface area contributed by atoms with Gasteiger partial charge in [-0.05, 0) is 61.5 Å². The smallest absolute Gasteiger partial charge is 0.308 e. The molecular formula is C45H40O11P+. The number of benzene rings is 5. The Morgan fingerprint density at radius 2 is 1.09 bits per heavy atom. The summed E-state index contributed by atoms with van der Waals surface area (Å²) >= 11 is 0. The van der Waals surface area contributed by atoms with Gasteiger partial charge in [0.2, 0.25) is 11.2 Å². The molecule has 0 saturated carbocycles. The average molecular weight is 788 g/mol. The zero-order valence-electron chi connectivity index (χ0n) is 32.0. The van der Waals surface area contributed by atoms with Gasteiger partial charge in [0.25, 0.3) is 0 Å². The van der Waals surface area contributed by atoms with Gasteiger partial charge in [-0.25, -0.2) is 0 Å². The van der Waals surface area contributed by atoms with Crippen LogP contribution in [-0.4, -0.2) is 36.1 Å². The van der Waals surface area contributed by atoms with Gasteiger partial charge in [-0.2, -0.15) is 0 Å². The van der Waals surface area contributed by atoms with E-state index in [1.165, 1.54) is 73.9 Å². The molecule has 290 valence electrons. The number of carbonyl (C=O) groups excluding carboxylic acids is 4. The van der Waals surface area contributed by atoms with Gasteiger partial charge in [0.05, 0.1) is 12.3 Å². The maximum atomic E-state index is 14.6. The molecule has 12 heteroatoms. The van der Waals surface area contributed by atoms with Crippen molar-refractivity contribution in [1.29, 1.82) is 0 Å². The van der Waals surface area contributed by atoms with Gasteiger partial charge in [-0.15, -0.1) is 0 Å². The number of carbonyl (C=O) groups is 4. The Kier molecular flexibility index (Phi) is 12.3. The molecule has 0 radical (unpaired) electrons. The first-order chi connectivity index (χ1) is 27.4. The molecule has 1 unspecified atom stereocenters. The van der Waals surface area contributed by atoms with Gasteiger partial charge in [0.1, 0.15) is 45.6 Å². The van der Waals surface area contributed by atoms with E-state index >= 15 is 0 Å². The van der Waals surface area contributed by atoms with Crippen molar-refractivity contribution < 1.29 is 47.3 Å². The van der Waals surface area contributed by atoms with Gasteiger partial charge in [-0.1, -0.05) is 54.6 Å². The molecule has 0 amide bonds. The minimum absolute atomic E-state index is 0.0119. The Bertz CT molecular complexity index is 2400. The van der Waals surface area contributed by atoms with Crippen molar-refractivity contribution in [1.82, 2.24) is 0 Å². The van der Waals surface area contributed by atoms with Crippen molar-refractivity contribution in [2.45, 2.75) is 46.7 Å². The van der Waals surface area contributed by atoms with Gasteiger partial charge >= 0.3 is 23.9 Å². The highest BCUT2D eigenvalue weighted by Crippen LogP contribution is 2.60. The summed E-state index contributed by atoms with van der Waals surface area (Å²) in [6, 6.07) is 38.0. The molecule has 6 rings (SSSR count). The van der Waals surface area contributed by atoms with Crippen LogP contribution in [-0.2, 0) is 19.2 Å². The fourth-order valence-corrected chi connectivity index (χ4v) is 11.7. The van der Waals surface area contributed by atoms with Crippen molar-refractivity contribution in [2.24, 2.45) is 0 Å². The molecule has 0 spiro atoms. The molecule has 0 aliphatic rings. The SMILES string of the molecule is CC(=O)Oc1cc(OC(C)=O)c2c(=O)c(OCCC(C)[P+](c3ccccc3)(c3ccccc3)c3ccccc3)c(-c3ccc(OC(C)=O)c(OC(C)=O)c3)oc2c1. The Morgan fingerprint density at radius 3 is 1.60 bits per heavy atom. The largest absolute Gasteiger partial charge is 0.486 e. The summed E-state index contributed by atoms with van der Waals surface area (Å²) in [5, 5.41) is 3.41. The maximum absolute atomic E-state index is 14.6. The molecule has 1 atom stereocenters. The van der Waals surface area contributed by atoms with E-state index in [-0.39, 0.29) is 63.3 Å². The van der Waals surface area contributed by atoms with Gasteiger partial charge < -0.3 is 28.1 Å². The molecule has 1 aromatic heterocycles. The summed E-state index contributed by atoms with van der Waals surface area (Å²) in [5.74, 6) is -3.44. The summed E-state index contributed by atoms with van der Waals surface area (Å²) in [7, 11) is -2.34. The van der Waals surface area contributed by atoms with E-state index in [4.69, 9.17) is 28.1 Å². The Labute approximate surface area is 329 Å². The minimum Gasteiger partial charge on any atom is -0.486 e. The van der Waals surface area contributed by atoms with Crippen LogP contribution in [0.4, 0.5) is 0 Å². The van der Waals surface area contributed by atoms with Crippen LogP contribution < -0.4 is 45.0 Å². The Morgan fingerprint density at radius 1 is 0.596 bits per heavy atom. The molecule has 0 bridgehead atoms. The van der Waals surface area contributed by atoms with Crippen molar-refractivity contribution in [3.63, 3.8) is 0 Å². The van der Waals surface area contributed by atoms with Crippen molar-refractivity contribution in [2.75, 3.05) is 6.61 Å². The lowest BCUT2D eigenvalue weighted by molar-refractivity contribution is -0.134. The van der Waals surface area contributed by atoms with Crippen LogP contribution in [0.2, 0.25) is 0 Å². The van der Waals surface area contributed by atoms with Crippen LogP contribution in [0.3, 0.4) is 0 Å². The number of hydrogen-bond acceptors (Lipinski definition) is 11. The van der Waals surface area contributed by atoms with Crippen LogP contribution in [0.5, 0.6) is 28.7 Å². The van der Waals surface area contributed by atoms with Gasteiger partial charge in [0.15, 0.2) is 17.3 Å². The number of ether oxygens (including phenoxy) is 5. The first-order valence-electron chi connectivity index (χ1n) is 18.1. The van der Waals surface area contributed by atoms with Crippen molar-refractivity contribution in [3.8, 4) is 40.1 Å². The number of fused-ring (bicyclic) bond motifs is 1. The molecule has 0 aliphatic carbocycles. The molecular weight excluding hydrogens is 747 g/mol. The van der Waals surface area contributed by atoms with E-state index in [0.29, 0.717) is 6.42 Å². The highest BCUT2D eigenvalue weighted by atomic mass is 31.2. The summed E-state index contributed by atoms with van der Waals surface area (Å²) in [5.41, 5.74) is -0.568. The van der Waals surface area contributed by atoms with E-state index < -0.39 is 36.6 Å². The summed E-state index contributed by atoms with van der Waals surface area (Å²) in [4.78, 5) is 62.8. The molecule has 0 N–H and O–H groups in total. The second-order valence-corrected chi connectivity index (χ2v) is 17.0. The van der Waals surface area contributed by atoms with E-state index in [9.17, 15) is 24.0 Å². The predicted molar refractivity (Wildman–Crippen MR) is 218 cm³/mol. The minimum atomic E-state index is -2.34. The molecule has 5 aromatic carbocycles. The first-order valence-corrected chi connectivity index (χ1v) is 20.0. The number of esters is 4. The second-order valence-electron chi connectivity index (χ2n) is 13.1. The lowest BCUT2D eigenvalue weighted by atomic mass is 10.1. The average Bonchev–Trinajstić information content (AvgIpc) is 3.17. The van der Waals surface area contributed by atoms with Crippen LogP contribution in [0, 0.1) is 0 Å². The highest BCUT2D eigenvalue weighted by molar-refractivity contribution is 7.96. The monoisotopic (exact) mass is 787 g/mol. The van der Waals surface area contributed by atoms with Crippen LogP contribution in [0.1, 0.15) is 41.0 Å². The van der Waals surface area contributed by atoms with E-state index in [2.05, 4.69) is 43.3 Å². The molecule has 0 aliphatic heterocycles. The van der Waals surface area contributed by atoms with Gasteiger partial charge in [-0.3, -0.25) is 24.0 Å². The van der Waals surface area contributed by atoms with E-state index in [0.717, 1.165) is 0 Å². The third-order valence-corrected chi connectivity index (χ3v) is 14.0. The molecule has 0 fully saturated rings. The van der Waals surface area contributed by atoms with E-state index in [1.807, 2.05) is 54.6 Å². The quantitative estimate of drug-likeness (QED) is 0.0660. The molecule has 0 saturated heterocycles. The molecule has 11 nitrogen and oxygen atoms in total. The molecule has 1 heterocycles. The fraction of sp³-hybridized carbons (Fsp3) is 0.178. The second kappa shape index (κ2) is 17.5. The highest BCUT2D eigenvalue weighted by Gasteiger charge is 2.50. The maximum Gasteiger partial charge on any atom is 0.308 e. The summed E-state index contributed by atoms with van der Waals surface area (Å²) < 4.78 is 34.2. The van der Waals surface area contributed by atoms with Crippen LogP contribution in [0.15, 0.2) is 131 Å². The standard InChI is InChI=1S/C45H40O11P/c1-28(57(35-15-9-6-10-16-35,36-17-11-7-12-18-36)37-19-13-8-14-20-37)23-24-51-45-43(50)42-40(55-32(5)49)26-34(52-29(2)46)27-41(42)56-44(45)33-21-22-38(53-30(3)47)39(25-33)54-31(4)48/h6-22,25-28H,23-24H2,1-5H3/q+1. The van der Waals surface area contributed by atoms with E-state index in [1.54, 1.807) is 0 Å². The molecule has 6 aromatic rings. The lowest BCUT2D eigenvalue weighted by Crippen LogP contribution is -2.38. The van der Waals surface area contributed by atoms with Crippen LogP contribution >= 0.6 is 7.26 Å². The van der Waals surface area contributed by atoms with Crippen molar-refractivity contribution >= 4 is 58.0 Å². The predicted octanol–water partition coefficient (Wildman–Crippen LogP) is 7.31. The number of rotatable bonds is 13. The third kappa shape index (κ3) is 8.79. The number of hydrogen-bond donors (Lipinski definition) is 0. The first kappa shape index (κ1) is 40.1.